The summed E-state index contributed by atoms with van der Waals surface area (Å²) in [6, 6.07) is 4.49. The summed E-state index contributed by atoms with van der Waals surface area (Å²) in [4.78, 5) is 0. The molecule has 1 aliphatic heterocycles. The first-order valence-corrected chi connectivity index (χ1v) is 5.92. The van der Waals surface area contributed by atoms with Crippen LogP contribution in [0.25, 0.3) is 0 Å². The van der Waals surface area contributed by atoms with Crippen LogP contribution in [0.5, 0.6) is 5.75 Å². The molecule has 0 amide bonds. The van der Waals surface area contributed by atoms with Gasteiger partial charge in [0, 0.05) is 17.5 Å². The number of hydrogen-bond donors (Lipinski definition) is 1. The molecule has 2 nitrogen and oxygen atoms in total. The van der Waals surface area contributed by atoms with Gasteiger partial charge in [-0.3, -0.25) is 0 Å². The van der Waals surface area contributed by atoms with E-state index in [9.17, 15) is 4.39 Å². The van der Waals surface area contributed by atoms with Crippen molar-refractivity contribution in [3.63, 3.8) is 0 Å². The Balaban J connectivity index is 1.88. The molecule has 2 rings (SSSR count). The minimum Gasteiger partial charge on any atom is -0.490 e. The number of halogens is 2. The Labute approximate surface area is 99.7 Å². The van der Waals surface area contributed by atoms with Gasteiger partial charge in [-0.25, -0.2) is 4.39 Å². The van der Waals surface area contributed by atoms with E-state index < -0.39 is 5.82 Å². The van der Waals surface area contributed by atoms with Crippen molar-refractivity contribution in [3.8, 4) is 5.75 Å². The molecule has 88 valence electrons. The molecule has 0 spiro atoms. The normalized spacial score (nSPS) is 20.8. The smallest absolute Gasteiger partial charge is 0.166 e. The molecule has 0 radical (unpaired) electrons. The predicted octanol–water partition coefficient (Wildman–Crippen LogP) is 2.86. The summed E-state index contributed by atoms with van der Waals surface area (Å²) >= 11 is 5.66. The number of hydrogen-bond acceptors (Lipinski definition) is 2. The van der Waals surface area contributed by atoms with E-state index in [2.05, 4.69) is 5.32 Å². The molecular weight excluding hydrogens is 229 g/mol. The Morgan fingerprint density at radius 3 is 3.06 bits per heavy atom. The molecule has 1 N–H and O–H groups in total. The third-order valence-electron chi connectivity index (χ3n) is 2.77. The molecular formula is C12H15ClFNO. The average molecular weight is 244 g/mol. The Morgan fingerprint density at radius 2 is 2.38 bits per heavy atom. The van der Waals surface area contributed by atoms with Crippen LogP contribution in [0.3, 0.4) is 0 Å². The second-order valence-corrected chi connectivity index (χ2v) is 4.53. The van der Waals surface area contributed by atoms with E-state index in [1.807, 2.05) is 0 Å². The van der Waals surface area contributed by atoms with Crippen LogP contribution in [0.2, 0.25) is 5.02 Å². The van der Waals surface area contributed by atoms with Crippen LogP contribution in [0.1, 0.15) is 12.8 Å². The van der Waals surface area contributed by atoms with Crippen molar-refractivity contribution in [2.45, 2.75) is 12.8 Å². The molecule has 0 saturated carbocycles. The lowest BCUT2D eigenvalue weighted by molar-refractivity contribution is 0.211. The highest BCUT2D eigenvalue weighted by Gasteiger charge is 2.14. The Kier molecular flexibility index (Phi) is 4.02. The quantitative estimate of drug-likeness (QED) is 0.882. The van der Waals surface area contributed by atoms with Crippen LogP contribution in [-0.2, 0) is 0 Å². The third kappa shape index (κ3) is 3.09. The Morgan fingerprint density at radius 1 is 1.50 bits per heavy atom. The minimum absolute atomic E-state index is 0.287. The van der Waals surface area contributed by atoms with Gasteiger partial charge in [0.25, 0.3) is 0 Å². The Hall–Kier alpha value is -0.800. The van der Waals surface area contributed by atoms with Crippen molar-refractivity contribution in [2.75, 3.05) is 19.7 Å². The number of piperidine rings is 1. The SMILES string of the molecule is Fc1cc(Cl)ccc1OC[C@@H]1CCCNC1. The molecule has 0 bridgehead atoms. The predicted molar refractivity (Wildman–Crippen MR) is 62.5 cm³/mol. The van der Waals surface area contributed by atoms with Gasteiger partial charge in [0.1, 0.15) is 0 Å². The monoisotopic (exact) mass is 243 g/mol. The van der Waals surface area contributed by atoms with Crippen LogP contribution in [0.4, 0.5) is 4.39 Å². The molecule has 1 heterocycles. The zero-order valence-corrected chi connectivity index (χ0v) is 9.77. The largest absolute Gasteiger partial charge is 0.490 e. The summed E-state index contributed by atoms with van der Waals surface area (Å²) in [5, 5.41) is 3.69. The van der Waals surface area contributed by atoms with Crippen LogP contribution in [0.15, 0.2) is 18.2 Å². The van der Waals surface area contributed by atoms with Gasteiger partial charge in [-0.05, 0) is 37.6 Å². The highest BCUT2D eigenvalue weighted by molar-refractivity contribution is 6.30. The second kappa shape index (κ2) is 5.51. The van der Waals surface area contributed by atoms with Gasteiger partial charge >= 0.3 is 0 Å². The van der Waals surface area contributed by atoms with Crippen LogP contribution in [0, 0.1) is 11.7 Å². The van der Waals surface area contributed by atoms with Crippen LogP contribution >= 0.6 is 11.6 Å². The lowest BCUT2D eigenvalue weighted by Crippen LogP contribution is -2.33. The molecule has 0 aromatic heterocycles. The molecule has 1 fully saturated rings. The molecule has 1 saturated heterocycles. The summed E-state index contributed by atoms with van der Waals surface area (Å²) in [6.07, 6.45) is 2.30. The number of benzene rings is 1. The number of ether oxygens (including phenoxy) is 1. The molecule has 16 heavy (non-hydrogen) atoms. The summed E-state index contributed by atoms with van der Waals surface area (Å²) in [5.41, 5.74) is 0. The third-order valence-corrected chi connectivity index (χ3v) is 3.00. The molecule has 0 unspecified atom stereocenters. The van der Waals surface area contributed by atoms with E-state index in [-0.39, 0.29) is 5.75 Å². The maximum atomic E-state index is 13.4. The number of rotatable bonds is 3. The lowest BCUT2D eigenvalue weighted by atomic mass is 10.0. The van der Waals surface area contributed by atoms with Crippen molar-refractivity contribution < 1.29 is 9.13 Å². The molecule has 1 aromatic carbocycles. The summed E-state index contributed by atoms with van der Waals surface area (Å²) in [7, 11) is 0. The maximum Gasteiger partial charge on any atom is 0.166 e. The fraction of sp³-hybridized carbons (Fsp3) is 0.500. The fourth-order valence-corrected chi connectivity index (χ4v) is 2.02. The van der Waals surface area contributed by atoms with Crippen molar-refractivity contribution in [1.29, 1.82) is 0 Å². The first kappa shape index (κ1) is 11.7. The first-order valence-electron chi connectivity index (χ1n) is 5.54. The van der Waals surface area contributed by atoms with Crippen LogP contribution < -0.4 is 10.1 Å². The molecule has 4 heteroatoms. The van der Waals surface area contributed by atoms with Gasteiger partial charge in [0.2, 0.25) is 0 Å². The van der Waals surface area contributed by atoms with Gasteiger partial charge in [-0.15, -0.1) is 0 Å². The van der Waals surface area contributed by atoms with Gasteiger partial charge < -0.3 is 10.1 Å². The van der Waals surface area contributed by atoms with E-state index >= 15 is 0 Å². The topological polar surface area (TPSA) is 21.3 Å². The van der Waals surface area contributed by atoms with E-state index in [1.165, 1.54) is 6.07 Å². The van der Waals surface area contributed by atoms with Gasteiger partial charge in [0.15, 0.2) is 11.6 Å². The molecule has 1 aliphatic rings. The standard InChI is InChI=1S/C12H15ClFNO/c13-10-3-4-12(11(14)6-10)16-8-9-2-1-5-15-7-9/h3-4,6,9,15H,1-2,5,7-8H2/t9-/m1/s1. The maximum absolute atomic E-state index is 13.4. The second-order valence-electron chi connectivity index (χ2n) is 4.10. The minimum atomic E-state index is -0.392. The summed E-state index contributed by atoms with van der Waals surface area (Å²) < 4.78 is 18.8. The first-order chi connectivity index (χ1) is 7.75. The average Bonchev–Trinajstić information content (AvgIpc) is 2.29. The highest BCUT2D eigenvalue weighted by atomic mass is 35.5. The lowest BCUT2D eigenvalue weighted by Gasteiger charge is -2.22. The van der Waals surface area contributed by atoms with Crippen LogP contribution in [-0.4, -0.2) is 19.7 Å². The highest BCUT2D eigenvalue weighted by Crippen LogP contribution is 2.22. The molecule has 1 aromatic rings. The van der Waals surface area contributed by atoms with Crippen molar-refractivity contribution in [1.82, 2.24) is 5.32 Å². The zero-order chi connectivity index (χ0) is 11.4. The van der Waals surface area contributed by atoms with E-state index in [0.29, 0.717) is 17.5 Å². The Bertz CT molecular complexity index is 353. The van der Waals surface area contributed by atoms with Crippen molar-refractivity contribution >= 4 is 11.6 Å². The molecule has 1 atom stereocenters. The zero-order valence-electron chi connectivity index (χ0n) is 9.01. The summed E-state index contributed by atoms with van der Waals surface area (Å²) in [6.45, 7) is 2.59. The van der Waals surface area contributed by atoms with E-state index in [1.54, 1.807) is 12.1 Å². The summed E-state index contributed by atoms with van der Waals surface area (Å²) in [5.74, 6) is 0.370. The molecule has 0 aliphatic carbocycles. The van der Waals surface area contributed by atoms with Gasteiger partial charge in [-0.2, -0.15) is 0 Å². The van der Waals surface area contributed by atoms with Gasteiger partial charge in [0.05, 0.1) is 6.61 Å². The van der Waals surface area contributed by atoms with Crippen molar-refractivity contribution in [3.05, 3.63) is 29.0 Å². The van der Waals surface area contributed by atoms with Crippen molar-refractivity contribution in [2.24, 2.45) is 5.92 Å². The van der Waals surface area contributed by atoms with E-state index in [0.717, 1.165) is 25.9 Å². The van der Waals surface area contributed by atoms with Gasteiger partial charge in [-0.1, -0.05) is 11.6 Å². The fourth-order valence-electron chi connectivity index (χ4n) is 1.87. The number of nitrogens with one attached hydrogen (secondary N) is 1. The van der Waals surface area contributed by atoms with E-state index in [4.69, 9.17) is 16.3 Å².